The van der Waals surface area contributed by atoms with E-state index in [4.69, 9.17) is 28.0 Å². The van der Waals surface area contributed by atoms with Gasteiger partial charge in [0.2, 0.25) is 0 Å². The first-order valence-corrected chi connectivity index (χ1v) is 15.7. The number of piperidine rings is 2. The Bertz CT molecular complexity index is 1460. The molecule has 234 valence electrons. The van der Waals surface area contributed by atoms with Crippen LogP contribution in [0, 0.1) is 0 Å². The van der Waals surface area contributed by atoms with Gasteiger partial charge in [-0.15, -0.1) is 10.1 Å². The van der Waals surface area contributed by atoms with E-state index in [2.05, 4.69) is 12.1 Å². The summed E-state index contributed by atoms with van der Waals surface area (Å²) in [6.45, 7) is 7.54. The summed E-state index contributed by atoms with van der Waals surface area (Å²) in [6, 6.07) is 11.9. The average molecular weight is 605 g/mol. The van der Waals surface area contributed by atoms with E-state index >= 15 is 0 Å². The van der Waals surface area contributed by atoms with Crippen molar-refractivity contribution in [3.63, 3.8) is 0 Å². The highest BCUT2D eigenvalue weighted by Crippen LogP contribution is 2.39. The summed E-state index contributed by atoms with van der Waals surface area (Å²) in [7, 11) is 0. The van der Waals surface area contributed by atoms with E-state index < -0.39 is 11.9 Å². The van der Waals surface area contributed by atoms with Gasteiger partial charge in [0, 0.05) is 48.1 Å². The molecule has 2 aliphatic heterocycles. The Morgan fingerprint density at radius 1 is 0.682 bits per heavy atom. The van der Waals surface area contributed by atoms with E-state index in [1.165, 1.54) is 0 Å². The molecule has 2 saturated heterocycles. The van der Waals surface area contributed by atoms with Crippen molar-refractivity contribution in [2.45, 2.75) is 64.2 Å². The van der Waals surface area contributed by atoms with Crippen LogP contribution in [0.4, 0.5) is 0 Å². The van der Waals surface area contributed by atoms with Gasteiger partial charge in [0.25, 0.3) is 0 Å². The van der Waals surface area contributed by atoms with Crippen LogP contribution in [0.25, 0.3) is 21.9 Å². The minimum atomic E-state index is -0.424. The zero-order chi connectivity index (χ0) is 30.5. The van der Waals surface area contributed by atoms with Crippen molar-refractivity contribution in [2.24, 2.45) is 0 Å². The van der Waals surface area contributed by atoms with E-state index in [9.17, 15) is 9.59 Å². The fourth-order valence-corrected chi connectivity index (χ4v) is 6.37. The molecular formula is C34H40N2O8. The van der Waals surface area contributed by atoms with Crippen molar-refractivity contribution in [3.8, 4) is 11.5 Å². The Balaban J connectivity index is 0.913. The topological polar surface area (TPSA) is 104 Å². The van der Waals surface area contributed by atoms with Crippen LogP contribution in [0.5, 0.6) is 11.5 Å². The van der Waals surface area contributed by atoms with Crippen LogP contribution in [-0.2, 0) is 19.3 Å². The summed E-state index contributed by atoms with van der Waals surface area (Å²) < 4.78 is 23.1. The van der Waals surface area contributed by atoms with Crippen LogP contribution >= 0.6 is 0 Å². The predicted molar refractivity (Wildman–Crippen MR) is 163 cm³/mol. The number of fused-ring (bicyclic) bond motifs is 2. The van der Waals surface area contributed by atoms with Crippen LogP contribution < -0.4 is 9.47 Å². The molecule has 4 heterocycles. The van der Waals surface area contributed by atoms with Gasteiger partial charge in [-0.25, -0.2) is 0 Å². The number of carbonyl (C=O) groups is 2. The lowest BCUT2D eigenvalue weighted by molar-refractivity contribution is -0.202. The first-order valence-electron chi connectivity index (χ1n) is 15.7. The van der Waals surface area contributed by atoms with Crippen molar-refractivity contribution < 1.29 is 37.6 Å². The molecule has 0 spiro atoms. The highest BCUT2D eigenvalue weighted by atomic mass is 16.7. The van der Waals surface area contributed by atoms with Crippen LogP contribution in [0.3, 0.4) is 0 Å². The smallest absolute Gasteiger partial charge is 0.325 e. The maximum Gasteiger partial charge on any atom is 0.325 e. The van der Waals surface area contributed by atoms with Crippen molar-refractivity contribution >= 4 is 33.9 Å². The standard InChI is InChI=1S/C34H40N2O8/c1-3-39-29-9-5-7-25-27(21-41-33(25)29)23-13-17-35(18-14-23)43-31(37)11-12-32(38)44-36-19-15-24(16-20-36)28-22-42-34-26(28)8-6-10-30(34)40-4-2/h5-10,21-24H,3-4,11-20H2,1-2H3. The van der Waals surface area contributed by atoms with Gasteiger partial charge >= 0.3 is 11.9 Å². The fraction of sp³-hybridized carbons (Fsp3) is 0.471. The Labute approximate surface area is 256 Å². The second-order valence-electron chi connectivity index (χ2n) is 11.3. The Morgan fingerprint density at radius 2 is 1.09 bits per heavy atom. The molecule has 2 aromatic heterocycles. The summed E-state index contributed by atoms with van der Waals surface area (Å²) in [5.41, 5.74) is 3.87. The molecule has 0 aliphatic carbocycles. The second-order valence-corrected chi connectivity index (χ2v) is 11.3. The number of hydrogen-bond donors (Lipinski definition) is 0. The number of furan rings is 2. The monoisotopic (exact) mass is 604 g/mol. The van der Waals surface area contributed by atoms with E-state index in [1.54, 1.807) is 10.1 Å². The average Bonchev–Trinajstić information content (AvgIpc) is 3.67. The molecule has 10 nitrogen and oxygen atoms in total. The highest BCUT2D eigenvalue weighted by molar-refractivity contribution is 5.87. The Hall–Kier alpha value is -4.02. The lowest BCUT2D eigenvalue weighted by Gasteiger charge is -2.30. The molecule has 0 radical (unpaired) electrons. The molecular weight excluding hydrogens is 564 g/mol. The summed E-state index contributed by atoms with van der Waals surface area (Å²) in [5.74, 6) is 1.28. The van der Waals surface area contributed by atoms with E-state index in [0.29, 0.717) is 51.2 Å². The molecule has 0 bridgehead atoms. The number of nitrogens with zero attached hydrogens (tertiary/aromatic N) is 2. The molecule has 10 heteroatoms. The maximum absolute atomic E-state index is 12.5. The van der Waals surface area contributed by atoms with Crippen LogP contribution in [0.15, 0.2) is 57.8 Å². The zero-order valence-electron chi connectivity index (χ0n) is 25.4. The number of carbonyl (C=O) groups excluding carboxylic acids is 2. The fourth-order valence-electron chi connectivity index (χ4n) is 6.37. The molecule has 2 aliphatic rings. The third-order valence-electron chi connectivity index (χ3n) is 8.57. The SMILES string of the molecule is CCOc1cccc2c(C3CCN(OC(=O)CCC(=O)ON4CCC(c5coc6c(OCC)cccc56)CC4)CC3)coc12. The quantitative estimate of drug-likeness (QED) is 0.183. The molecule has 2 fully saturated rings. The molecule has 0 amide bonds. The van der Waals surface area contributed by atoms with Gasteiger partial charge in [0.15, 0.2) is 22.7 Å². The van der Waals surface area contributed by atoms with Gasteiger partial charge in [-0.1, -0.05) is 24.3 Å². The first kappa shape index (κ1) is 30.0. The van der Waals surface area contributed by atoms with Gasteiger partial charge in [0.1, 0.15) is 0 Å². The lowest BCUT2D eigenvalue weighted by atomic mass is 9.90. The van der Waals surface area contributed by atoms with Crippen LogP contribution in [0.1, 0.15) is 75.3 Å². The largest absolute Gasteiger partial charge is 0.490 e. The molecule has 2 aromatic carbocycles. The van der Waals surface area contributed by atoms with Crippen LogP contribution in [0.2, 0.25) is 0 Å². The minimum absolute atomic E-state index is 0.0228. The number of ether oxygens (including phenoxy) is 2. The molecule has 6 rings (SSSR count). The molecule has 0 N–H and O–H groups in total. The summed E-state index contributed by atoms with van der Waals surface area (Å²) in [4.78, 5) is 36.1. The van der Waals surface area contributed by atoms with Crippen molar-refractivity contribution in [3.05, 3.63) is 60.1 Å². The summed E-state index contributed by atoms with van der Waals surface area (Å²) >= 11 is 0. The molecule has 44 heavy (non-hydrogen) atoms. The van der Waals surface area contributed by atoms with E-state index in [0.717, 1.165) is 70.2 Å². The van der Waals surface area contributed by atoms with Crippen molar-refractivity contribution in [2.75, 3.05) is 39.4 Å². The lowest BCUT2D eigenvalue weighted by Crippen LogP contribution is -2.36. The molecule has 0 saturated carbocycles. The van der Waals surface area contributed by atoms with Gasteiger partial charge in [-0.05, 0) is 63.5 Å². The Kier molecular flexibility index (Phi) is 9.37. The number of hydroxylamine groups is 4. The maximum atomic E-state index is 12.5. The van der Waals surface area contributed by atoms with E-state index in [1.807, 2.05) is 50.6 Å². The number of hydrogen-bond acceptors (Lipinski definition) is 10. The number of rotatable bonds is 11. The van der Waals surface area contributed by atoms with Gasteiger partial charge in [-0.2, -0.15) is 0 Å². The van der Waals surface area contributed by atoms with Gasteiger partial charge in [-0.3, -0.25) is 9.59 Å². The summed E-state index contributed by atoms with van der Waals surface area (Å²) in [5, 5.41) is 5.53. The third kappa shape index (κ3) is 6.56. The number of benzene rings is 2. The van der Waals surface area contributed by atoms with E-state index in [-0.39, 0.29) is 12.8 Å². The zero-order valence-corrected chi connectivity index (χ0v) is 25.4. The number of para-hydroxylation sites is 2. The molecule has 0 atom stereocenters. The predicted octanol–water partition coefficient (Wildman–Crippen LogP) is 6.73. The second kappa shape index (κ2) is 13.7. The molecule has 0 unspecified atom stereocenters. The third-order valence-corrected chi connectivity index (χ3v) is 8.57. The van der Waals surface area contributed by atoms with Crippen LogP contribution in [-0.4, -0.2) is 61.5 Å². The first-order chi connectivity index (χ1) is 21.5. The molecule has 4 aromatic rings. The Morgan fingerprint density at radius 3 is 1.48 bits per heavy atom. The normalized spacial score (nSPS) is 17.2. The van der Waals surface area contributed by atoms with Gasteiger partial charge in [0.05, 0.1) is 38.6 Å². The highest BCUT2D eigenvalue weighted by Gasteiger charge is 2.28. The van der Waals surface area contributed by atoms with Crippen molar-refractivity contribution in [1.82, 2.24) is 10.1 Å². The summed E-state index contributed by atoms with van der Waals surface area (Å²) in [6.07, 6.45) is 6.94. The minimum Gasteiger partial charge on any atom is -0.490 e. The van der Waals surface area contributed by atoms with Crippen molar-refractivity contribution in [1.29, 1.82) is 0 Å². The van der Waals surface area contributed by atoms with Gasteiger partial charge < -0.3 is 28.0 Å².